The molecule has 1 aliphatic heterocycles. The molecule has 4 heteroatoms. The summed E-state index contributed by atoms with van der Waals surface area (Å²) in [7, 11) is 1.74. The van der Waals surface area contributed by atoms with Gasteiger partial charge in [-0.25, -0.2) is 0 Å². The topological polar surface area (TPSA) is 52.6 Å². The van der Waals surface area contributed by atoms with Crippen molar-refractivity contribution < 1.29 is 9.90 Å². The molecule has 1 saturated heterocycles. The Morgan fingerprint density at radius 1 is 1.32 bits per heavy atom. The van der Waals surface area contributed by atoms with E-state index in [1.165, 1.54) is 16.8 Å². The summed E-state index contributed by atoms with van der Waals surface area (Å²) >= 11 is 0. The molecule has 19 heavy (non-hydrogen) atoms. The Hall–Kier alpha value is -1.55. The van der Waals surface area contributed by atoms with Crippen LogP contribution < -0.4 is 10.2 Å². The van der Waals surface area contributed by atoms with Gasteiger partial charge >= 0.3 is 5.97 Å². The van der Waals surface area contributed by atoms with Gasteiger partial charge in [-0.05, 0) is 50.9 Å². The third-order valence-corrected chi connectivity index (χ3v) is 4.42. The number of piperidine rings is 1. The molecule has 4 nitrogen and oxygen atoms in total. The molecule has 2 N–H and O–H groups in total. The molecule has 1 fully saturated rings. The minimum absolute atomic E-state index is 0.631. The predicted octanol–water partition coefficient (Wildman–Crippen LogP) is 1.95. The fraction of sp³-hybridized carbons (Fsp3) is 0.533. The molecule has 0 bridgehead atoms. The highest BCUT2D eigenvalue weighted by molar-refractivity contribution is 5.79. The van der Waals surface area contributed by atoms with Crippen molar-refractivity contribution in [1.82, 2.24) is 5.32 Å². The first-order chi connectivity index (χ1) is 9.00. The fourth-order valence-electron chi connectivity index (χ4n) is 2.78. The van der Waals surface area contributed by atoms with E-state index >= 15 is 0 Å². The third-order valence-electron chi connectivity index (χ3n) is 4.42. The molecule has 2 rings (SSSR count). The highest BCUT2D eigenvalue weighted by atomic mass is 16.4. The second kappa shape index (κ2) is 5.21. The summed E-state index contributed by atoms with van der Waals surface area (Å²) in [4.78, 5) is 13.7. The molecule has 0 saturated carbocycles. The number of likely N-dealkylation sites (N-methyl/N-ethyl adjacent to an activating group) is 1. The van der Waals surface area contributed by atoms with Crippen LogP contribution in [0.2, 0.25) is 0 Å². The van der Waals surface area contributed by atoms with E-state index in [0.717, 1.165) is 13.1 Å². The number of anilines is 1. The Morgan fingerprint density at radius 2 is 1.95 bits per heavy atom. The van der Waals surface area contributed by atoms with Crippen molar-refractivity contribution in [1.29, 1.82) is 0 Å². The van der Waals surface area contributed by atoms with E-state index in [9.17, 15) is 9.90 Å². The van der Waals surface area contributed by atoms with Gasteiger partial charge in [0.15, 0.2) is 0 Å². The molecule has 0 radical (unpaired) electrons. The Bertz CT molecular complexity index is 477. The lowest BCUT2D eigenvalue weighted by Gasteiger charge is -2.40. The van der Waals surface area contributed by atoms with Crippen LogP contribution in [0.25, 0.3) is 0 Å². The largest absolute Gasteiger partial charge is 0.480 e. The van der Waals surface area contributed by atoms with E-state index in [4.69, 9.17) is 0 Å². The number of hydrogen-bond acceptors (Lipinski definition) is 3. The number of nitrogens with zero attached hydrogens (tertiary/aromatic N) is 1. The summed E-state index contributed by atoms with van der Waals surface area (Å²) in [5, 5.41) is 12.4. The van der Waals surface area contributed by atoms with Gasteiger partial charge < -0.3 is 15.3 Å². The third kappa shape index (κ3) is 2.45. The van der Waals surface area contributed by atoms with Crippen molar-refractivity contribution in [3.05, 3.63) is 29.3 Å². The average Bonchev–Trinajstić information content (AvgIpc) is 2.42. The van der Waals surface area contributed by atoms with Crippen molar-refractivity contribution in [3.8, 4) is 0 Å². The Morgan fingerprint density at radius 3 is 2.47 bits per heavy atom. The number of hydrogen-bond donors (Lipinski definition) is 2. The van der Waals surface area contributed by atoms with Crippen molar-refractivity contribution in [3.63, 3.8) is 0 Å². The van der Waals surface area contributed by atoms with Crippen molar-refractivity contribution in [2.45, 2.75) is 32.2 Å². The summed E-state index contributed by atoms with van der Waals surface area (Å²) in [5.74, 6) is -0.740. The maximum absolute atomic E-state index is 11.4. The van der Waals surface area contributed by atoms with Crippen LogP contribution in [0, 0.1) is 13.8 Å². The molecule has 1 heterocycles. The van der Waals surface area contributed by atoms with E-state index in [2.05, 4.69) is 42.3 Å². The van der Waals surface area contributed by atoms with Crippen LogP contribution in [0.4, 0.5) is 5.69 Å². The van der Waals surface area contributed by atoms with Gasteiger partial charge in [-0.1, -0.05) is 12.1 Å². The van der Waals surface area contributed by atoms with Crippen LogP contribution in [-0.2, 0) is 4.79 Å². The first kappa shape index (κ1) is 13.9. The van der Waals surface area contributed by atoms with Gasteiger partial charge in [0.05, 0.1) is 0 Å². The van der Waals surface area contributed by atoms with E-state index in [-0.39, 0.29) is 0 Å². The molecule has 0 aliphatic carbocycles. The zero-order valence-electron chi connectivity index (χ0n) is 11.9. The van der Waals surface area contributed by atoms with Crippen molar-refractivity contribution in [2.75, 3.05) is 25.0 Å². The lowest BCUT2D eigenvalue weighted by Crippen LogP contribution is -2.57. The van der Waals surface area contributed by atoms with E-state index < -0.39 is 11.5 Å². The molecule has 104 valence electrons. The molecule has 0 spiro atoms. The van der Waals surface area contributed by atoms with Gasteiger partial charge in [-0.2, -0.15) is 0 Å². The molecule has 0 amide bonds. The number of rotatable bonds is 3. The zero-order chi connectivity index (χ0) is 14.0. The van der Waals surface area contributed by atoms with E-state index in [1.54, 1.807) is 7.05 Å². The summed E-state index contributed by atoms with van der Waals surface area (Å²) in [6.07, 6.45) is 1.26. The SMILES string of the molecule is CNC1(C(=O)O)CCN(c2cccc(C)c2C)CC1. The molecule has 0 atom stereocenters. The maximum atomic E-state index is 11.4. The molecule has 0 unspecified atom stereocenters. The summed E-state index contributed by atoms with van der Waals surface area (Å²) in [5.41, 5.74) is 3.04. The molecular formula is C15H22N2O2. The maximum Gasteiger partial charge on any atom is 0.324 e. The van der Waals surface area contributed by atoms with E-state index in [0.29, 0.717) is 12.8 Å². The van der Waals surface area contributed by atoms with Crippen LogP contribution in [-0.4, -0.2) is 36.8 Å². The quantitative estimate of drug-likeness (QED) is 0.874. The normalized spacial score (nSPS) is 18.4. The monoisotopic (exact) mass is 262 g/mol. The van der Waals surface area contributed by atoms with Gasteiger partial charge in [0.2, 0.25) is 0 Å². The predicted molar refractivity (Wildman–Crippen MR) is 76.8 cm³/mol. The number of benzene rings is 1. The van der Waals surface area contributed by atoms with Crippen LogP contribution in [0.5, 0.6) is 0 Å². The minimum atomic E-state index is -0.756. The smallest absolute Gasteiger partial charge is 0.324 e. The zero-order valence-corrected chi connectivity index (χ0v) is 11.9. The average molecular weight is 262 g/mol. The van der Waals surface area contributed by atoms with Gasteiger partial charge in [0.1, 0.15) is 5.54 Å². The van der Waals surface area contributed by atoms with Gasteiger partial charge in [-0.15, -0.1) is 0 Å². The summed E-state index contributed by atoms with van der Waals surface area (Å²) < 4.78 is 0. The first-order valence-corrected chi connectivity index (χ1v) is 6.73. The Labute approximate surface area is 114 Å². The number of carboxylic acids is 1. The molecule has 0 aromatic heterocycles. The molecule has 1 aliphatic rings. The van der Waals surface area contributed by atoms with E-state index in [1.807, 2.05) is 0 Å². The lowest BCUT2D eigenvalue weighted by atomic mass is 9.87. The van der Waals surface area contributed by atoms with Crippen molar-refractivity contribution >= 4 is 11.7 Å². The van der Waals surface area contributed by atoms with Crippen LogP contribution in [0.1, 0.15) is 24.0 Å². The van der Waals surface area contributed by atoms with Gasteiger partial charge in [0, 0.05) is 18.8 Å². The van der Waals surface area contributed by atoms with Crippen LogP contribution in [0.3, 0.4) is 0 Å². The Kier molecular flexibility index (Phi) is 3.80. The number of carbonyl (C=O) groups is 1. The minimum Gasteiger partial charge on any atom is -0.480 e. The number of nitrogens with one attached hydrogen (secondary N) is 1. The molecule has 1 aromatic carbocycles. The first-order valence-electron chi connectivity index (χ1n) is 6.73. The number of aryl methyl sites for hydroxylation is 1. The lowest BCUT2D eigenvalue weighted by molar-refractivity contribution is -0.145. The fourth-order valence-corrected chi connectivity index (χ4v) is 2.78. The van der Waals surface area contributed by atoms with Crippen molar-refractivity contribution in [2.24, 2.45) is 0 Å². The van der Waals surface area contributed by atoms with Gasteiger partial charge in [-0.3, -0.25) is 4.79 Å². The Balaban J connectivity index is 2.16. The van der Waals surface area contributed by atoms with Crippen LogP contribution >= 0.6 is 0 Å². The summed E-state index contributed by atoms with van der Waals surface area (Å²) in [6.45, 7) is 5.79. The second-order valence-corrected chi connectivity index (χ2v) is 5.34. The molecule has 1 aromatic rings. The highest BCUT2D eigenvalue weighted by Crippen LogP contribution is 2.29. The summed E-state index contributed by atoms with van der Waals surface area (Å²) in [6, 6.07) is 6.29. The van der Waals surface area contributed by atoms with Crippen LogP contribution in [0.15, 0.2) is 18.2 Å². The highest BCUT2D eigenvalue weighted by Gasteiger charge is 2.40. The van der Waals surface area contributed by atoms with Gasteiger partial charge in [0.25, 0.3) is 0 Å². The number of carboxylic acid groups (broad SMARTS) is 1. The molecular weight excluding hydrogens is 240 g/mol. The number of aliphatic carboxylic acids is 1. The second-order valence-electron chi connectivity index (χ2n) is 5.34. The standard InChI is InChI=1S/C15H22N2O2/c1-11-5-4-6-13(12(11)2)17-9-7-15(16-3,8-10-17)14(18)19/h4-6,16H,7-10H2,1-3H3,(H,18,19).